The molecular weight excluding hydrogens is 141 g/mol. The highest BCUT2D eigenvalue weighted by Crippen LogP contribution is 1.76. The number of hydrogen-bond acceptors (Lipinski definition) is 3. The van der Waals surface area contributed by atoms with Crippen molar-refractivity contribution in [1.82, 2.24) is 5.48 Å². The van der Waals surface area contributed by atoms with E-state index in [2.05, 4.69) is 0 Å². The highest BCUT2D eigenvalue weighted by atomic mass is 35.5. The Bertz CT molecular complexity index is 32.9. The first-order valence-electron chi connectivity index (χ1n) is 1.45. The van der Waals surface area contributed by atoms with Crippen LogP contribution in [0.3, 0.4) is 0 Å². The first-order valence-corrected chi connectivity index (χ1v) is 1.98. The molecule has 0 aromatic heterocycles. The summed E-state index contributed by atoms with van der Waals surface area (Å²) in [5.41, 5.74) is 1.54. The van der Waals surface area contributed by atoms with Crippen LogP contribution in [0.2, 0.25) is 0 Å². The summed E-state index contributed by atoms with van der Waals surface area (Å²) in [6.07, 6.45) is -0.994. The highest BCUT2D eigenvalue weighted by molar-refractivity contribution is 6.18. The van der Waals surface area contributed by atoms with Gasteiger partial charge in [0.25, 0.3) is 0 Å². The molecule has 7 heavy (non-hydrogen) atoms. The van der Waals surface area contributed by atoms with Gasteiger partial charge in [0.15, 0.2) is 0 Å². The van der Waals surface area contributed by atoms with E-state index in [0.717, 1.165) is 0 Å². The average Bonchev–Trinajstić information content (AvgIpc) is 1.65. The van der Waals surface area contributed by atoms with Crippen molar-refractivity contribution in [3.8, 4) is 0 Å². The molecule has 0 fully saturated rings. The number of halogens is 2. The molecule has 3 N–H and O–H groups in total. The molecule has 0 aliphatic rings. The molecule has 0 bridgehead atoms. The number of hydrogen-bond donors (Lipinski definition) is 3. The summed E-state index contributed by atoms with van der Waals surface area (Å²) in [5.74, 6) is -0.00347. The van der Waals surface area contributed by atoms with Gasteiger partial charge < -0.3 is 10.3 Å². The molecule has 0 aliphatic carbocycles. The normalized spacial score (nSPS) is 12.4. The van der Waals surface area contributed by atoms with E-state index in [0.29, 0.717) is 0 Å². The molecule has 0 aromatic carbocycles. The molecule has 0 spiro atoms. The Balaban J connectivity index is 0. The molecule has 1 unspecified atom stereocenters. The predicted molar refractivity (Wildman–Crippen MR) is 28.9 cm³/mol. The molecule has 0 aliphatic heterocycles. The van der Waals surface area contributed by atoms with Gasteiger partial charge in [-0.25, -0.2) is 0 Å². The fourth-order valence-electron chi connectivity index (χ4n) is 0.0345. The quantitative estimate of drug-likeness (QED) is 0.292. The van der Waals surface area contributed by atoms with Crippen LogP contribution in [0.15, 0.2) is 0 Å². The number of aliphatic hydroxyl groups is 1. The maximum Gasteiger partial charge on any atom is 0.140 e. The molecule has 0 saturated heterocycles. The minimum atomic E-state index is -0.994. The van der Waals surface area contributed by atoms with Gasteiger partial charge in [-0.15, -0.1) is 24.0 Å². The zero-order chi connectivity index (χ0) is 4.99. The molecule has 1 atom stereocenters. The molecule has 0 rings (SSSR count). The summed E-state index contributed by atoms with van der Waals surface area (Å²) in [4.78, 5) is 0. The molecule has 46 valence electrons. The van der Waals surface area contributed by atoms with Gasteiger partial charge in [-0.05, 0) is 0 Å². The Morgan fingerprint density at radius 3 is 2.14 bits per heavy atom. The van der Waals surface area contributed by atoms with Crippen molar-refractivity contribution in [2.45, 2.75) is 6.23 Å². The molecule has 0 saturated carbocycles. The zero-order valence-corrected chi connectivity index (χ0v) is 5.04. The molecule has 0 aromatic rings. The monoisotopic (exact) mass is 147 g/mol. The number of nitrogens with one attached hydrogen (secondary N) is 1. The van der Waals surface area contributed by atoms with Crippen LogP contribution in [-0.2, 0) is 0 Å². The van der Waals surface area contributed by atoms with Crippen LogP contribution >= 0.6 is 24.0 Å². The standard InChI is InChI=1S/C2H6ClNO2.ClH/c3-1-2(5)4-6;/h2,4-6H,1H2;1H. The Hall–Kier alpha value is 0.460. The topological polar surface area (TPSA) is 52.5 Å². The molecular formula is C2H7Cl2NO2. The van der Waals surface area contributed by atoms with E-state index in [1.54, 1.807) is 0 Å². The van der Waals surface area contributed by atoms with Gasteiger partial charge in [0, 0.05) is 0 Å². The van der Waals surface area contributed by atoms with E-state index in [4.69, 9.17) is 21.9 Å². The number of rotatable bonds is 2. The lowest BCUT2D eigenvalue weighted by Crippen LogP contribution is -2.26. The first-order chi connectivity index (χ1) is 2.81. The van der Waals surface area contributed by atoms with E-state index in [-0.39, 0.29) is 18.3 Å². The fourth-order valence-corrected chi connectivity index (χ4v) is 0.104. The Labute approximate surface area is 52.7 Å². The Kier molecular flexibility index (Phi) is 9.64. The second kappa shape index (κ2) is 6.46. The van der Waals surface area contributed by atoms with Crippen molar-refractivity contribution in [3.63, 3.8) is 0 Å². The third-order valence-corrected chi connectivity index (χ3v) is 0.587. The van der Waals surface area contributed by atoms with E-state index in [1.165, 1.54) is 5.48 Å². The van der Waals surface area contributed by atoms with Crippen molar-refractivity contribution in [2.24, 2.45) is 0 Å². The van der Waals surface area contributed by atoms with Gasteiger partial charge in [0.2, 0.25) is 0 Å². The van der Waals surface area contributed by atoms with Crippen LogP contribution < -0.4 is 5.48 Å². The fraction of sp³-hybridized carbons (Fsp3) is 1.00. The largest absolute Gasteiger partial charge is 0.375 e. The minimum Gasteiger partial charge on any atom is -0.375 e. The van der Waals surface area contributed by atoms with E-state index >= 15 is 0 Å². The average molecular weight is 148 g/mol. The van der Waals surface area contributed by atoms with Crippen LogP contribution in [0.5, 0.6) is 0 Å². The SMILES string of the molecule is Cl.ONC(O)CCl. The summed E-state index contributed by atoms with van der Waals surface area (Å²) in [5, 5.41) is 15.9. The first kappa shape index (κ1) is 10.4. The van der Waals surface area contributed by atoms with Crippen LogP contribution in [0.4, 0.5) is 0 Å². The van der Waals surface area contributed by atoms with Gasteiger partial charge in [-0.1, -0.05) is 0 Å². The van der Waals surface area contributed by atoms with Crippen LogP contribution in [0.1, 0.15) is 0 Å². The molecule has 0 radical (unpaired) electrons. The third-order valence-electron chi connectivity index (χ3n) is 0.295. The van der Waals surface area contributed by atoms with Gasteiger partial charge in [-0.3, -0.25) is 0 Å². The van der Waals surface area contributed by atoms with E-state index in [1.807, 2.05) is 0 Å². The lowest BCUT2D eigenvalue weighted by Gasteiger charge is -1.98. The second-order valence-corrected chi connectivity index (χ2v) is 1.11. The second-order valence-electron chi connectivity index (χ2n) is 0.799. The lowest BCUT2D eigenvalue weighted by molar-refractivity contribution is 0.0164. The smallest absolute Gasteiger partial charge is 0.140 e. The Morgan fingerprint density at radius 2 is 2.14 bits per heavy atom. The third kappa shape index (κ3) is 6.46. The molecule has 5 heteroatoms. The van der Waals surface area contributed by atoms with Gasteiger partial charge in [0.05, 0.1) is 5.88 Å². The summed E-state index contributed by atoms with van der Waals surface area (Å²) in [6.45, 7) is 0. The highest BCUT2D eigenvalue weighted by Gasteiger charge is 1.92. The van der Waals surface area contributed by atoms with Crippen molar-refractivity contribution < 1.29 is 10.3 Å². The molecule has 3 nitrogen and oxygen atoms in total. The number of hydroxylamine groups is 1. The molecule has 0 heterocycles. The maximum atomic E-state index is 8.17. The lowest BCUT2D eigenvalue weighted by atomic mass is 10.7. The van der Waals surface area contributed by atoms with Crippen LogP contribution in [0.25, 0.3) is 0 Å². The van der Waals surface area contributed by atoms with Crippen molar-refractivity contribution in [3.05, 3.63) is 0 Å². The van der Waals surface area contributed by atoms with Crippen molar-refractivity contribution in [2.75, 3.05) is 5.88 Å². The van der Waals surface area contributed by atoms with Crippen LogP contribution in [0, 0.1) is 0 Å². The van der Waals surface area contributed by atoms with E-state index < -0.39 is 6.23 Å². The van der Waals surface area contributed by atoms with E-state index in [9.17, 15) is 0 Å². The maximum absolute atomic E-state index is 8.17. The number of alkyl halides is 1. The van der Waals surface area contributed by atoms with Gasteiger partial charge >= 0.3 is 0 Å². The summed E-state index contributed by atoms with van der Waals surface area (Å²) in [6, 6.07) is 0. The zero-order valence-electron chi connectivity index (χ0n) is 3.47. The molecule has 0 amide bonds. The van der Waals surface area contributed by atoms with Crippen molar-refractivity contribution in [1.29, 1.82) is 0 Å². The summed E-state index contributed by atoms with van der Waals surface area (Å²) in [7, 11) is 0. The van der Waals surface area contributed by atoms with Crippen LogP contribution in [-0.4, -0.2) is 22.4 Å². The summed E-state index contributed by atoms with van der Waals surface area (Å²) < 4.78 is 0. The van der Waals surface area contributed by atoms with Gasteiger partial charge in [0.1, 0.15) is 6.23 Å². The number of aliphatic hydroxyl groups excluding tert-OH is 1. The summed E-state index contributed by atoms with van der Waals surface area (Å²) >= 11 is 4.98. The predicted octanol–water partition coefficient (Wildman–Crippen LogP) is -0.0558. The van der Waals surface area contributed by atoms with Gasteiger partial charge in [-0.2, -0.15) is 5.48 Å². The van der Waals surface area contributed by atoms with Crippen molar-refractivity contribution >= 4 is 24.0 Å². The Morgan fingerprint density at radius 1 is 1.71 bits per heavy atom. The minimum absolute atomic E-state index is 0.